The fourth-order valence-electron chi connectivity index (χ4n) is 11.3. The summed E-state index contributed by atoms with van der Waals surface area (Å²) in [5.74, 6) is -4.30. The number of ketones is 2. The van der Waals surface area contributed by atoms with Gasteiger partial charge >= 0.3 is 12.1 Å². The van der Waals surface area contributed by atoms with Gasteiger partial charge in [0.1, 0.15) is 35.4 Å². The van der Waals surface area contributed by atoms with Gasteiger partial charge in [-0.3, -0.25) is 19.4 Å². The predicted octanol–water partition coefficient (Wildman–Crippen LogP) is 11.5. The highest BCUT2D eigenvalue weighted by atomic mass is 32.2. The molecule has 0 spiro atoms. The van der Waals surface area contributed by atoms with Crippen LogP contribution in [0.25, 0.3) is 32.7 Å². The Morgan fingerprint density at radius 2 is 1.41 bits per heavy atom. The molecule has 468 valence electrons. The Hall–Kier alpha value is -8.38. The Morgan fingerprint density at radius 1 is 0.761 bits per heavy atom. The summed E-state index contributed by atoms with van der Waals surface area (Å²) >= 11 is 0. The number of amides is 3. The van der Waals surface area contributed by atoms with Crippen LogP contribution in [0.3, 0.4) is 0 Å². The highest BCUT2D eigenvalue weighted by molar-refractivity contribution is 7.90. The van der Waals surface area contributed by atoms with Gasteiger partial charge in [-0.1, -0.05) is 109 Å². The lowest BCUT2D eigenvalue weighted by Gasteiger charge is -2.35. The molecule has 17 nitrogen and oxygen atoms in total. The molecule has 0 aliphatic carbocycles. The molecule has 1 heterocycles. The van der Waals surface area contributed by atoms with Crippen molar-refractivity contribution in [3.63, 3.8) is 0 Å². The Balaban J connectivity index is 1.12. The molecular weight excluding hydrogens is 1130 g/mol. The minimum Gasteiger partial charge on any atom is -0.487 e. The second-order valence-electron chi connectivity index (χ2n) is 24.6. The van der Waals surface area contributed by atoms with Crippen LogP contribution < -0.4 is 31.1 Å². The molecule has 0 radical (unpaired) electrons. The molecule has 88 heavy (non-hydrogen) atoms. The van der Waals surface area contributed by atoms with Crippen molar-refractivity contribution >= 4 is 73.0 Å². The number of ether oxygens (including phenoxy) is 3. The normalized spacial score (nSPS) is 14.5. The number of Topliss-reactive ketones (excluding diaryl/α,β-unsaturated/α-hetero) is 2. The van der Waals surface area contributed by atoms with Crippen LogP contribution in [0.15, 0.2) is 132 Å². The van der Waals surface area contributed by atoms with Crippen LogP contribution in [0, 0.1) is 32.6 Å². The molecule has 4 atom stereocenters. The number of alkyl carbamates (subject to hydrolysis) is 1. The number of aliphatic imine (C=N–C) groups is 1. The van der Waals surface area contributed by atoms with Crippen LogP contribution in [0.4, 0.5) is 4.79 Å². The van der Waals surface area contributed by atoms with E-state index in [1.807, 2.05) is 87.5 Å². The van der Waals surface area contributed by atoms with Gasteiger partial charge in [-0.2, -0.15) is 0 Å². The third-order valence-electron chi connectivity index (χ3n) is 15.9. The minimum atomic E-state index is -4.24. The zero-order chi connectivity index (χ0) is 63.9. The molecule has 0 saturated carbocycles. The third-order valence-corrected chi connectivity index (χ3v) is 17.6. The van der Waals surface area contributed by atoms with E-state index < -0.39 is 81.2 Å². The van der Waals surface area contributed by atoms with Crippen molar-refractivity contribution in [2.75, 3.05) is 13.1 Å². The van der Waals surface area contributed by atoms with Gasteiger partial charge in [-0.15, -0.1) is 6.58 Å². The first-order valence-corrected chi connectivity index (χ1v) is 31.8. The minimum absolute atomic E-state index is 0.00529. The molecule has 1 aliphatic heterocycles. The van der Waals surface area contributed by atoms with Crippen molar-refractivity contribution in [2.24, 2.45) is 22.6 Å². The van der Waals surface area contributed by atoms with Crippen molar-refractivity contribution in [1.29, 1.82) is 0 Å². The predicted molar refractivity (Wildman–Crippen MR) is 345 cm³/mol. The second kappa shape index (κ2) is 30.0. The standard InChI is InChI=1S/C70H86N6O11S/c1-11-22-60(66(81)85-43-49-23-13-12-14-24-49)75-64(79)52(26-21-38-72-67(71)76-88(83,84)63-46(4)45(3)62-54(47(63)5)35-36-70(9,10)86-62)42-61(78)59(30-19-20-37-73-68(82)87-69(6,7)8)74-65(80)53(39-44(2)77)40-48-31-33-50(34-32-48)58-41-51-25-15-16-27-55(51)56-28-17-18-29-57(56)58/h11-18,23-25,27-29,31-34,41,52-53,59-60H,1,19-22,26,30,35-40,42-43H2,2-10H3,(H,73,82)(H,74,80)(H,75,79)(H3,71,72,76)/t52-,53-,59+,60-/m0/s1. The van der Waals surface area contributed by atoms with Gasteiger partial charge in [-0.25, -0.2) is 22.7 Å². The number of benzene rings is 6. The van der Waals surface area contributed by atoms with Crippen LogP contribution in [-0.4, -0.2) is 86.2 Å². The van der Waals surface area contributed by atoms with Crippen molar-refractivity contribution in [3.8, 4) is 16.9 Å². The number of nitrogens with zero attached hydrogens (tertiary/aromatic N) is 1. The van der Waals surface area contributed by atoms with E-state index in [1.165, 1.54) is 13.0 Å². The monoisotopic (exact) mass is 1220 g/mol. The zero-order valence-corrected chi connectivity index (χ0v) is 53.1. The molecule has 6 aromatic rings. The number of hydrogen-bond donors (Lipinski definition) is 5. The lowest BCUT2D eigenvalue weighted by atomic mass is 9.88. The van der Waals surface area contributed by atoms with Gasteiger partial charge in [0.15, 0.2) is 5.78 Å². The summed E-state index contributed by atoms with van der Waals surface area (Å²) in [6.07, 6.45) is 2.86. The number of fused-ring (bicyclic) bond motifs is 4. The van der Waals surface area contributed by atoms with Crippen LogP contribution in [0.1, 0.15) is 133 Å². The second-order valence-corrected chi connectivity index (χ2v) is 26.2. The van der Waals surface area contributed by atoms with E-state index >= 15 is 0 Å². The fourth-order valence-corrected chi connectivity index (χ4v) is 12.8. The maximum absolute atomic E-state index is 14.9. The molecule has 6 aromatic carbocycles. The van der Waals surface area contributed by atoms with Crippen LogP contribution >= 0.6 is 0 Å². The van der Waals surface area contributed by atoms with Crippen LogP contribution in [-0.2, 0) is 62.9 Å². The van der Waals surface area contributed by atoms with E-state index in [0.29, 0.717) is 48.1 Å². The molecular formula is C70H86N6O11S. The number of unbranched alkanes of at least 4 members (excludes halogenated alkanes) is 1. The Morgan fingerprint density at radius 3 is 2.09 bits per heavy atom. The van der Waals surface area contributed by atoms with Crippen molar-refractivity contribution in [1.82, 2.24) is 20.7 Å². The van der Waals surface area contributed by atoms with E-state index in [0.717, 1.165) is 49.4 Å². The summed E-state index contributed by atoms with van der Waals surface area (Å²) in [7, 11) is -4.24. The number of nitrogens with two attached hydrogens (primary N) is 1. The summed E-state index contributed by atoms with van der Waals surface area (Å²) in [5, 5.41) is 13.0. The average Bonchev–Trinajstić information content (AvgIpc) is 0.832. The number of carbonyl (C=O) groups excluding carboxylic acids is 6. The van der Waals surface area contributed by atoms with Crippen LogP contribution in [0.2, 0.25) is 0 Å². The summed E-state index contributed by atoms with van der Waals surface area (Å²) in [5.41, 5.74) is 11.3. The number of esters is 1. The molecule has 18 heteroatoms. The third kappa shape index (κ3) is 18.3. The first-order valence-electron chi connectivity index (χ1n) is 30.3. The number of hydrogen-bond acceptors (Lipinski definition) is 12. The number of rotatable bonds is 28. The number of nitrogens with one attached hydrogen (secondary N) is 4. The molecule has 6 N–H and O–H groups in total. The van der Waals surface area contributed by atoms with Gasteiger partial charge in [-0.05, 0) is 192 Å². The first-order chi connectivity index (χ1) is 41.7. The molecule has 1 aliphatic rings. The van der Waals surface area contributed by atoms with Crippen LogP contribution in [0.5, 0.6) is 5.75 Å². The smallest absolute Gasteiger partial charge is 0.407 e. The zero-order valence-electron chi connectivity index (χ0n) is 52.3. The first kappa shape index (κ1) is 67.1. The largest absolute Gasteiger partial charge is 0.487 e. The van der Waals surface area contributed by atoms with Gasteiger partial charge < -0.3 is 40.7 Å². The van der Waals surface area contributed by atoms with Crippen molar-refractivity contribution in [2.45, 2.75) is 168 Å². The van der Waals surface area contributed by atoms with E-state index in [9.17, 15) is 37.2 Å². The molecule has 0 aromatic heterocycles. The highest BCUT2D eigenvalue weighted by Gasteiger charge is 2.35. The summed E-state index contributed by atoms with van der Waals surface area (Å²) in [6, 6.07) is 33.3. The Bertz CT molecular complexity index is 3670. The highest BCUT2D eigenvalue weighted by Crippen LogP contribution is 2.42. The quantitative estimate of drug-likeness (QED) is 0.00768. The maximum atomic E-state index is 14.9. The topological polar surface area (TPSA) is 251 Å². The van der Waals surface area contributed by atoms with E-state index in [1.54, 1.807) is 46.8 Å². The van der Waals surface area contributed by atoms with E-state index in [4.69, 9.17) is 19.9 Å². The van der Waals surface area contributed by atoms with Gasteiger partial charge in [0.2, 0.25) is 17.8 Å². The lowest BCUT2D eigenvalue weighted by Crippen LogP contribution is -2.47. The van der Waals surface area contributed by atoms with Crippen molar-refractivity contribution in [3.05, 3.63) is 155 Å². The number of carbonyl (C=O) groups is 6. The fraction of sp³-hybridized carbons (Fsp3) is 0.414. The summed E-state index contributed by atoms with van der Waals surface area (Å²) in [4.78, 5) is 87.6. The molecule has 0 fully saturated rings. The molecule has 0 saturated heterocycles. The maximum Gasteiger partial charge on any atom is 0.407 e. The SMILES string of the molecule is C=CC[C@H](NC(=O)[C@@H](CCCN=C(N)NS(=O)(=O)c1c(C)c(C)c2c(c1C)CCC(C)(C)O2)CC(=O)[C@@H](CCCCNC(=O)OC(C)(C)C)NC(=O)[C@@H](CC(C)=O)Cc1ccc(-c2cc3ccccc3c3ccccc23)cc1)C(=O)OCc1ccccc1. The van der Waals surface area contributed by atoms with Crippen molar-refractivity contribution < 1.29 is 51.4 Å². The van der Waals surface area contributed by atoms with E-state index in [-0.39, 0.29) is 74.9 Å². The van der Waals surface area contributed by atoms with Gasteiger partial charge in [0.25, 0.3) is 10.0 Å². The number of sulfonamides is 1. The Kier molecular flexibility index (Phi) is 22.9. The van der Waals surface area contributed by atoms with Gasteiger partial charge in [0.05, 0.1) is 10.9 Å². The molecule has 0 bridgehead atoms. The van der Waals surface area contributed by atoms with Gasteiger partial charge in [0, 0.05) is 37.8 Å². The summed E-state index contributed by atoms with van der Waals surface area (Å²) in [6.45, 7) is 19.8. The van der Waals surface area contributed by atoms with E-state index in [2.05, 4.69) is 62.6 Å². The summed E-state index contributed by atoms with van der Waals surface area (Å²) < 4.78 is 47.9. The average molecular weight is 1220 g/mol. The Labute approximate surface area is 518 Å². The molecule has 3 amide bonds. The molecule has 0 unspecified atom stereocenters. The molecule has 7 rings (SSSR count). The number of guanidine groups is 1. The lowest BCUT2D eigenvalue weighted by molar-refractivity contribution is -0.149.